The summed E-state index contributed by atoms with van der Waals surface area (Å²) in [7, 11) is 0. The number of aromatic nitrogens is 2. The molecule has 0 saturated carbocycles. The van der Waals surface area contributed by atoms with Crippen LogP contribution in [0, 0.1) is 13.8 Å². The van der Waals surface area contributed by atoms with Gasteiger partial charge in [0.05, 0.1) is 0 Å². The molecule has 0 radical (unpaired) electrons. The molecule has 2 saturated heterocycles. The van der Waals surface area contributed by atoms with Crippen LogP contribution in [-0.4, -0.2) is 47.2 Å². The standard InChI is InChI=1S/C15H23N3O/c1-11-9-12(2)17-15(16-11)13-3-6-18(10-13)14-4-7-19-8-5-14/h9,13-14H,3-8,10H2,1-2H3/t13-/m1/s1. The minimum atomic E-state index is 0.515. The molecule has 2 fully saturated rings. The first-order valence-electron chi connectivity index (χ1n) is 7.36. The topological polar surface area (TPSA) is 38.2 Å². The number of nitrogens with zero attached hydrogens (tertiary/aromatic N) is 3. The lowest BCUT2D eigenvalue weighted by molar-refractivity contribution is 0.0419. The molecule has 1 aromatic rings. The Balaban J connectivity index is 1.67. The predicted molar refractivity (Wildman–Crippen MR) is 74.3 cm³/mol. The van der Waals surface area contributed by atoms with Gasteiger partial charge in [-0.25, -0.2) is 9.97 Å². The fourth-order valence-electron chi connectivity index (χ4n) is 3.32. The molecule has 3 rings (SSSR count). The van der Waals surface area contributed by atoms with Gasteiger partial charge in [-0.2, -0.15) is 0 Å². The second kappa shape index (κ2) is 5.55. The largest absolute Gasteiger partial charge is 0.381 e. The monoisotopic (exact) mass is 261 g/mol. The lowest BCUT2D eigenvalue weighted by Crippen LogP contribution is -2.37. The van der Waals surface area contributed by atoms with Crippen molar-refractivity contribution in [3.05, 3.63) is 23.3 Å². The molecule has 1 atom stereocenters. The fourth-order valence-corrected chi connectivity index (χ4v) is 3.32. The normalized spacial score (nSPS) is 25.9. The van der Waals surface area contributed by atoms with Gasteiger partial charge in [0.1, 0.15) is 5.82 Å². The highest BCUT2D eigenvalue weighted by molar-refractivity contribution is 5.12. The second-order valence-electron chi connectivity index (χ2n) is 5.83. The van der Waals surface area contributed by atoms with Crippen LogP contribution in [0.25, 0.3) is 0 Å². The number of ether oxygens (including phenoxy) is 1. The number of aryl methyl sites for hydroxylation is 2. The molecule has 3 heterocycles. The van der Waals surface area contributed by atoms with Crippen LogP contribution in [-0.2, 0) is 4.74 Å². The molecule has 0 amide bonds. The molecule has 0 N–H and O–H groups in total. The zero-order valence-electron chi connectivity index (χ0n) is 11.9. The lowest BCUT2D eigenvalue weighted by atomic mass is 10.1. The van der Waals surface area contributed by atoms with Crippen LogP contribution in [0.1, 0.15) is 42.4 Å². The Morgan fingerprint density at radius 2 is 1.79 bits per heavy atom. The van der Waals surface area contributed by atoms with E-state index in [0.717, 1.165) is 37.0 Å². The molecule has 0 bridgehead atoms. The minimum absolute atomic E-state index is 0.515. The van der Waals surface area contributed by atoms with E-state index in [9.17, 15) is 0 Å². The number of likely N-dealkylation sites (tertiary alicyclic amines) is 1. The summed E-state index contributed by atoms with van der Waals surface area (Å²) in [5.74, 6) is 1.56. The van der Waals surface area contributed by atoms with Gasteiger partial charge in [-0.15, -0.1) is 0 Å². The zero-order chi connectivity index (χ0) is 13.2. The summed E-state index contributed by atoms with van der Waals surface area (Å²) in [5, 5.41) is 0. The quantitative estimate of drug-likeness (QED) is 0.817. The van der Waals surface area contributed by atoms with Crippen molar-refractivity contribution >= 4 is 0 Å². The summed E-state index contributed by atoms with van der Waals surface area (Å²) in [5.41, 5.74) is 2.18. The number of rotatable bonds is 2. The molecule has 0 aliphatic carbocycles. The number of hydrogen-bond donors (Lipinski definition) is 0. The van der Waals surface area contributed by atoms with E-state index in [1.807, 2.05) is 0 Å². The SMILES string of the molecule is Cc1cc(C)nc([C@@H]2CCN(C3CCOCC3)C2)n1. The zero-order valence-corrected chi connectivity index (χ0v) is 11.9. The summed E-state index contributed by atoms with van der Waals surface area (Å²) in [4.78, 5) is 11.9. The first-order chi connectivity index (χ1) is 9.22. The third-order valence-electron chi connectivity index (χ3n) is 4.29. The molecule has 2 aliphatic heterocycles. The van der Waals surface area contributed by atoms with Gasteiger partial charge < -0.3 is 4.74 Å². The van der Waals surface area contributed by atoms with Gasteiger partial charge in [0.25, 0.3) is 0 Å². The van der Waals surface area contributed by atoms with Gasteiger partial charge in [-0.05, 0) is 45.7 Å². The predicted octanol–water partition coefficient (Wildman–Crippen LogP) is 2.06. The minimum Gasteiger partial charge on any atom is -0.381 e. The van der Waals surface area contributed by atoms with E-state index >= 15 is 0 Å². The van der Waals surface area contributed by atoms with Gasteiger partial charge in [0.15, 0.2) is 0 Å². The lowest BCUT2D eigenvalue weighted by Gasteiger charge is -2.30. The molecule has 19 heavy (non-hydrogen) atoms. The van der Waals surface area contributed by atoms with Crippen molar-refractivity contribution in [3.8, 4) is 0 Å². The van der Waals surface area contributed by atoms with Crippen LogP contribution < -0.4 is 0 Å². The Morgan fingerprint density at radius 3 is 2.47 bits per heavy atom. The summed E-state index contributed by atoms with van der Waals surface area (Å²) in [6.07, 6.45) is 3.56. The van der Waals surface area contributed by atoms with E-state index in [1.165, 1.54) is 25.8 Å². The first-order valence-corrected chi connectivity index (χ1v) is 7.36. The maximum absolute atomic E-state index is 5.45. The van der Waals surface area contributed by atoms with Crippen LogP contribution in [0.15, 0.2) is 6.07 Å². The van der Waals surface area contributed by atoms with Crippen LogP contribution in [0.4, 0.5) is 0 Å². The molecule has 4 nitrogen and oxygen atoms in total. The fraction of sp³-hybridized carbons (Fsp3) is 0.733. The van der Waals surface area contributed by atoms with Crippen molar-refractivity contribution in [3.63, 3.8) is 0 Å². The van der Waals surface area contributed by atoms with Gasteiger partial charge in [0, 0.05) is 43.1 Å². The Morgan fingerprint density at radius 1 is 1.11 bits per heavy atom. The van der Waals surface area contributed by atoms with Crippen LogP contribution in [0.3, 0.4) is 0 Å². The van der Waals surface area contributed by atoms with E-state index in [1.54, 1.807) is 0 Å². The Bertz CT molecular complexity index is 423. The van der Waals surface area contributed by atoms with Crippen molar-refractivity contribution < 1.29 is 4.74 Å². The van der Waals surface area contributed by atoms with E-state index in [2.05, 4.69) is 34.8 Å². The average Bonchev–Trinajstić information content (AvgIpc) is 2.88. The van der Waals surface area contributed by atoms with Gasteiger partial charge in [-0.3, -0.25) is 4.90 Å². The Kier molecular flexibility index (Phi) is 3.80. The smallest absolute Gasteiger partial charge is 0.133 e. The molecular weight excluding hydrogens is 238 g/mol. The van der Waals surface area contributed by atoms with Crippen molar-refractivity contribution in [2.75, 3.05) is 26.3 Å². The highest BCUT2D eigenvalue weighted by Crippen LogP contribution is 2.29. The van der Waals surface area contributed by atoms with Crippen LogP contribution in [0.2, 0.25) is 0 Å². The molecule has 0 spiro atoms. The highest BCUT2D eigenvalue weighted by atomic mass is 16.5. The van der Waals surface area contributed by atoms with Gasteiger partial charge >= 0.3 is 0 Å². The molecule has 4 heteroatoms. The molecule has 1 aromatic heterocycles. The third kappa shape index (κ3) is 2.95. The molecule has 0 unspecified atom stereocenters. The van der Waals surface area contributed by atoms with E-state index in [4.69, 9.17) is 4.74 Å². The maximum Gasteiger partial charge on any atom is 0.133 e. The van der Waals surface area contributed by atoms with E-state index in [0.29, 0.717) is 12.0 Å². The second-order valence-corrected chi connectivity index (χ2v) is 5.83. The van der Waals surface area contributed by atoms with Crippen molar-refractivity contribution in [2.24, 2.45) is 0 Å². The van der Waals surface area contributed by atoms with Gasteiger partial charge in [0.2, 0.25) is 0 Å². The van der Waals surface area contributed by atoms with Crippen LogP contribution in [0.5, 0.6) is 0 Å². The van der Waals surface area contributed by atoms with Crippen molar-refractivity contribution in [2.45, 2.75) is 45.1 Å². The summed E-state index contributed by atoms with van der Waals surface area (Å²) in [6, 6.07) is 2.76. The average molecular weight is 261 g/mol. The van der Waals surface area contributed by atoms with Gasteiger partial charge in [-0.1, -0.05) is 0 Å². The van der Waals surface area contributed by atoms with Crippen molar-refractivity contribution in [1.29, 1.82) is 0 Å². The molecule has 104 valence electrons. The van der Waals surface area contributed by atoms with Crippen LogP contribution >= 0.6 is 0 Å². The summed E-state index contributed by atoms with van der Waals surface area (Å²) >= 11 is 0. The molecule has 0 aromatic carbocycles. The Labute approximate surface area is 115 Å². The summed E-state index contributed by atoms with van der Waals surface area (Å²) < 4.78 is 5.45. The Hall–Kier alpha value is -1.00. The van der Waals surface area contributed by atoms with Crippen molar-refractivity contribution in [1.82, 2.24) is 14.9 Å². The maximum atomic E-state index is 5.45. The summed E-state index contributed by atoms with van der Waals surface area (Å²) in [6.45, 7) is 8.27. The first kappa shape index (κ1) is 13.0. The highest BCUT2D eigenvalue weighted by Gasteiger charge is 2.31. The molecule has 2 aliphatic rings. The van der Waals surface area contributed by atoms with E-state index < -0.39 is 0 Å². The number of hydrogen-bond acceptors (Lipinski definition) is 4. The third-order valence-corrected chi connectivity index (χ3v) is 4.29. The van der Waals surface area contributed by atoms with E-state index in [-0.39, 0.29) is 0 Å². The molecular formula is C15H23N3O.